The van der Waals surface area contributed by atoms with Crippen LogP contribution in [0.15, 0.2) is 30.6 Å². The van der Waals surface area contributed by atoms with E-state index in [9.17, 15) is 9.59 Å². The monoisotopic (exact) mass is 393 g/mol. The number of aromatic amines is 1. The third kappa shape index (κ3) is 3.78. The maximum absolute atomic E-state index is 13.2. The van der Waals surface area contributed by atoms with Gasteiger partial charge in [0.15, 0.2) is 5.82 Å². The summed E-state index contributed by atoms with van der Waals surface area (Å²) in [7, 11) is 0. The zero-order valence-electron chi connectivity index (χ0n) is 16.6. The zero-order valence-corrected chi connectivity index (χ0v) is 16.6. The van der Waals surface area contributed by atoms with E-state index in [1.54, 1.807) is 0 Å². The van der Waals surface area contributed by atoms with Gasteiger partial charge in [-0.15, -0.1) is 0 Å². The van der Waals surface area contributed by atoms with Gasteiger partial charge in [-0.25, -0.2) is 4.98 Å². The van der Waals surface area contributed by atoms with Crippen LogP contribution in [0.2, 0.25) is 0 Å². The molecule has 152 valence electrons. The van der Waals surface area contributed by atoms with E-state index in [1.165, 1.54) is 19.2 Å². The van der Waals surface area contributed by atoms with Gasteiger partial charge in [-0.2, -0.15) is 5.10 Å². The highest BCUT2D eigenvalue weighted by atomic mass is 16.2. The summed E-state index contributed by atoms with van der Waals surface area (Å²) < 4.78 is 0. The molecule has 1 unspecified atom stereocenters. The summed E-state index contributed by atoms with van der Waals surface area (Å²) in [5.74, 6) is 1.79. The number of piperidine rings is 2. The van der Waals surface area contributed by atoms with Crippen molar-refractivity contribution in [2.75, 3.05) is 26.2 Å². The number of hydrogen-bond donors (Lipinski definition) is 1. The van der Waals surface area contributed by atoms with Crippen molar-refractivity contribution < 1.29 is 9.59 Å². The lowest BCUT2D eigenvalue weighted by atomic mass is 9.73. The van der Waals surface area contributed by atoms with E-state index in [4.69, 9.17) is 0 Å². The molecule has 2 amide bonds. The second-order valence-electron chi connectivity index (χ2n) is 8.96. The first-order chi connectivity index (χ1) is 14.1. The van der Waals surface area contributed by atoms with E-state index in [1.807, 2.05) is 29.2 Å². The molecule has 1 atom stereocenters. The molecule has 0 bridgehead atoms. The molecule has 7 heteroatoms. The fraction of sp³-hybridized carbons (Fsp3) is 0.545. The summed E-state index contributed by atoms with van der Waals surface area (Å²) >= 11 is 0. The van der Waals surface area contributed by atoms with Crippen molar-refractivity contribution in [3.8, 4) is 11.4 Å². The average molecular weight is 393 g/mol. The molecule has 1 aliphatic carbocycles. The van der Waals surface area contributed by atoms with Gasteiger partial charge >= 0.3 is 0 Å². The third-order valence-corrected chi connectivity index (χ3v) is 6.69. The Kier molecular flexibility index (Phi) is 4.60. The highest BCUT2D eigenvalue weighted by Gasteiger charge is 2.43. The normalized spacial score (nSPS) is 24.9. The first-order valence-corrected chi connectivity index (χ1v) is 10.6. The van der Waals surface area contributed by atoms with Gasteiger partial charge in [0.25, 0.3) is 5.91 Å². The average Bonchev–Trinajstić information content (AvgIpc) is 3.39. The molecule has 3 aliphatic rings. The van der Waals surface area contributed by atoms with E-state index in [-0.39, 0.29) is 11.3 Å². The molecule has 1 spiro atoms. The SMILES string of the molecule is O=C1CCC2(CCCN(C(=O)c3ccc(-c4ncn[nH]4)cc3)C2)CN1CC1CC1. The lowest BCUT2D eigenvalue weighted by Gasteiger charge is -2.48. The van der Waals surface area contributed by atoms with Gasteiger partial charge < -0.3 is 9.80 Å². The van der Waals surface area contributed by atoms with Crippen LogP contribution in [0.25, 0.3) is 11.4 Å². The van der Waals surface area contributed by atoms with E-state index in [0.717, 1.165) is 51.0 Å². The quantitative estimate of drug-likeness (QED) is 0.866. The van der Waals surface area contributed by atoms with E-state index in [0.29, 0.717) is 29.6 Å². The molecule has 3 heterocycles. The van der Waals surface area contributed by atoms with Crippen molar-refractivity contribution in [3.63, 3.8) is 0 Å². The summed E-state index contributed by atoms with van der Waals surface area (Å²) in [5, 5.41) is 6.71. The first-order valence-electron chi connectivity index (χ1n) is 10.6. The Morgan fingerprint density at radius 2 is 2.00 bits per heavy atom. The Labute approximate surface area is 170 Å². The Hall–Kier alpha value is -2.70. The van der Waals surface area contributed by atoms with Crippen molar-refractivity contribution in [3.05, 3.63) is 36.2 Å². The molecular weight excluding hydrogens is 366 g/mol. The fourth-order valence-electron chi connectivity index (χ4n) is 4.89. The highest BCUT2D eigenvalue weighted by molar-refractivity contribution is 5.94. The summed E-state index contributed by atoms with van der Waals surface area (Å²) in [6.45, 7) is 3.28. The number of carbonyl (C=O) groups excluding carboxylic acids is 2. The van der Waals surface area contributed by atoms with Crippen molar-refractivity contribution in [2.24, 2.45) is 11.3 Å². The molecule has 2 aliphatic heterocycles. The van der Waals surface area contributed by atoms with Gasteiger partial charge in [-0.3, -0.25) is 14.7 Å². The molecule has 0 radical (unpaired) electrons. The molecule has 3 fully saturated rings. The van der Waals surface area contributed by atoms with Gasteiger partial charge in [-0.05, 0) is 50.2 Å². The number of carbonyl (C=O) groups is 2. The molecule has 5 rings (SSSR count). The minimum Gasteiger partial charge on any atom is -0.342 e. The number of H-pyrrole nitrogens is 1. The van der Waals surface area contributed by atoms with E-state index in [2.05, 4.69) is 20.1 Å². The van der Waals surface area contributed by atoms with Gasteiger partial charge in [0, 0.05) is 49.1 Å². The molecule has 2 saturated heterocycles. The van der Waals surface area contributed by atoms with Gasteiger partial charge in [0.05, 0.1) is 0 Å². The van der Waals surface area contributed by atoms with E-state index >= 15 is 0 Å². The number of nitrogens with one attached hydrogen (secondary N) is 1. The molecule has 2 aromatic rings. The van der Waals surface area contributed by atoms with Crippen molar-refractivity contribution >= 4 is 11.8 Å². The van der Waals surface area contributed by atoms with Gasteiger partial charge in [0.2, 0.25) is 5.91 Å². The number of amides is 2. The van der Waals surface area contributed by atoms with Crippen LogP contribution in [0.3, 0.4) is 0 Å². The van der Waals surface area contributed by atoms with Crippen LogP contribution in [-0.4, -0.2) is 63.0 Å². The van der Waals surface area contributed by atoms with E-state index < -0.39 is 0 Å². The lowest BCUT2D eigenvalue weighted by molar-refractivity contribution is -0.139. The van der Waals surface area contributed by atoms with Crippen LogP contribution >= 0.6 is 0 Å². The number of hydrogen-bond acceptors (Lipinski definition) is 4. The standard InChI is InChI=1S/C22H27N5O2/c28-19-8-10-22(14-27(19)12-16-2-3-16)9-1-11-26(13-22)21(29)18-6-4-17(5-7-18)20-23-15-24-25-20/h4-7,15-16H,1-3,8-14H2,(H,23,24,25). The fourth-order valence-corrected chi connectivity index (χ4v) is 4.89. The summed E-state index contributed by atoms with van der Waals surface area (Å²) in [6, 6.07) is 7.55. The van der Waals surface area contributed by atoms with Crippen molar-refractivity contribution in [1.29, 1.82) is 0 Å². The third-order valence-electron chi connectivity index (χ3n) is 6.69. The summed E-state index contributed by atoms with van der Waals surface area (Å²) in [4.78, 5) is 33.8. The highest BCUT2D eigenvalue weighted by Crippen LogP contribution is 2.41. The predicted octanol–water partition coefficient (Wildman–Crippen LogP) is 2.73. The molecule has 1 aromatic carbocycles. The van der Waals surface area contributed by atoms with Crippen molar-refractivity contribution in [1.82, 2.24) is 25.0 Å². The second kappa shape index (κ2) is 7.28. The topological polar surface area (TPSA) is 82.2 Å². The van der Waals surface area contributed by atoms with Crippen LogP contribution in [0.1, 0.15) is 48.9 Å². The van der Waals surface area contributed by atoms with Gasteiger partial charge in [-0.1, -0.05) is 12.1 Å². The smallest absolute Gasteiger partial charge is 0.253 e. The Bertz CT molecular complexity index is 890. The maximum atomic E-state index is 13.2. The minimum absolute atomic E-state index is 0.0660. The Balaban J connectivity index is 1.28. The molecule has 7 nitrogen and oxygen atoms in total. The summed E-state index contributed by atoms with van der Waals surface area (Å²) in [6.07, 6.45) is 7.63. The molecule has 1 N–H and O–H groups in total. The van der Waals surface area contributed by atoms with Gasteiger partial charge in [0.1, 0.15) is 6.33 Å². The van der Waals surface area contributed by atoms with Crippen LogP contribution in [0.5, 0.6) is 0 Å². The van der Waals surface area contributed by atoms with Crippen LogP contribution in [0.4, 0.5) is 0 Å². The van der Waals surface area contributed by atoms with Crippen LogP contribution in [-0.2, 0) is 4.79 Å². The molecule has 29 heavy (non-hydrogen) atoms. The predicted molar refractivity (Wildman–Crippen MR) is 108 cm³/mol. The minimum atomic E-state index is 0.0660. The largest absolute Gasteiger partial charge is 0.342 e. The second-order valence-corrected chi connectivity index (χ2v) is 8.96. The lowest BCUT2D eigenvalue weighted by Crippen LogP contribution is -2.55. The molecule has 1 saturated carbocycles. The zero-order chi connectivity index (χ0) is 19.8. The number of rotatable bonds is 4. The van der Waals surface area contributed by atoms with Crippen molar-refractivity contribution in [2.45, 2.75) is 38.5 Å². The number of benzene rings is 1. The number of likely N-dealkylation sites (tertiary alicyclic amines) is 2. The van der Waals surface area contributed by atoms with Crippen LogP contribution < -0.4 is 0 Å². The number of aromatic nitrogens is 3. The Morgan fingerprint density at radius 3 is 2.72 bits per heavy atom. The van der Waals surface area contributed by atoms with Crippen LogP contribution in [0, 0.1) is 11.3 Å². The first kappa shape index (κ1) is 18.3. The summed E-state index contributed by atoms with van der Waals surface area (Å²) in [5.41, 5.74) is 1.68. The Morgan fingerprint density at radius 1 is 1.17 bits per heavy atom. The maximum Gasteiger partial charge on any atom is 0.253 e. The number of nitrogens with zero attached hydrogens (tertiary/aromatic N) is 4. The molecule has 1 aromatic heterocycles. The molecular formula is C22H27N5O2.